The van der Waals surface area contributed by atoms with E-state index in [0.717, 1.165) is 38.0 Å². The first-order chi connectivity index (χ1) is 7.86. The molecule has 0 aliphatic heterocycles. The van der Waals surface area contributed by atoms with E-state index in [-0.39, 0.29) is 6.61 Å². The van der Waals surface area contributed by atoms with Crippen LogP contribution in [-0.4, -0.2) is 28.2 Å². The Bertz CT molecular complexity index is 294. The Balaban J connectivity index is 2.16. The molecule has 0 aliphatic carbocycles. The van der Waals surface area contributed by atoms with E-state index in [9.17, 15) is 0 Å². The number of nitrogens with one attached hydrogen (secondary N) is 2. The highest BCUT2D eigenvalue weighted by molar-refractivity contribution is 5.38. The summed E-state index contributed by atoms with van der Waals surface area (Å²) in [7, 11) is 0. The third-order valence-corrected chi connectivity index (χ3v) is 2.18. The molecule has 0 radical (unpaired) electrons. The van der Waals surface area contributed by atoms with Gasteiger partial charge in [0.05, 0.1) is 0 Å². The van der Waals surface area contributed by atoms with Crippen LogP contribution in [0.4, 0.5) is 11.8 Å². The van der Waals surface area contributed by atoms with Crippen LogP contribution in [0.15, 0.2) is 12.3 Å². The number of nitrogen functional groups attached to an aromatic ring is 1. The molecule has 0 atom stereocenters. The Morgan fingerprint density at radius 1 is 1.25 bits per heavy atom. The Hall–Kier alpha value is -1.40. The zero-order chi connectivity index (χ0) is 11.6. The van der Waals surface area contributed by atoms with E-state index in [1.807, 2.05) is 0 Å². The monoisotopic (exact) mass is 225 g/mol. The lowest BCUT2D eigenvalue weighted by Crippen LogP contribution is -2.12. The molecular formula is C10H19N5O. The number of hydrogen-bond donors (Lipinski definition) is 4. The first-order valence-electron chi connectivity index (χ1n) is 5.51. The fraction of sp³-hybridized carbons (Fsp3) is 0.600. The maximum absolute atomic E-state index is 8.61. The quantitative estimate of drug-likeness (QED) is 0.296. The molecule has 0 saturated carbocycles. The molecule has 1 heterocycles. The van der Waals surface area contributed by atoms with Gasteiger partial charge in [-0.2, -0.15) is 4.98 Å². The predicted molar refractivity (Wildman–Crippen MR) is 63.9 cm³/mol. The second-order valence-electron chi connectivity index (χ2n) is 3.47. The van der Waals surface area contributed by atoms with E-state index in [0.29, 0.717) is 5.95 Å². The first kappa shape index (κ1) is 12.7. The third-order valence-electron chi connectivity index (χ3n) is 2.18. The van der Waals surface area contributed by atoms with Crippen molar-refractivity contribution in [3.63, 3.8) is 0 Å². The number of unbranched alkanes of at least 4 members (excludes halogenated alkanes) is 3. The van der Waals surface area contributed by atoms with Crippen LogP contribution in [0.5, 0.6) is 0 Å². The Labute approximate surface area is 95.3 Å². The van der Waals surface area contributed by atoms with Crippen LogP contribution in [-0.2, 0) is 0 Å². The summed E-state index contributed by atoms with van der Waals surface area (Å²) >= 11 is 0. The summed E-state index contributed by atoms with van der Waals surface area (Å²) in [5, 5.41) is 11.8. The number of anilines is 2. The molecule has 0 amide bonds. The second-order valence-corrected chi connectivity index (χ2v) is 3.47. The number of rotatable bonds is 8. The summed E-state index contributed by atoms with van der Waals surface area (Å²) in [6.45, 7) is 1.15. The lowest BCUT2D eigenvalue weighted by atomic mass is 10.2. The molecule has 90 valence electrons. The lowest BCUT2D eigenvalue weighted by Gasteiger charge is -2.06. The summed E-state index contributed by atoms with van der Waals surface area (Å²) in [5.41, 5.74) is 2.40. The molecule has 0 bridgehead atoms. The highest BCUT2D eigenvalue weighted by Crippen LogP contribution is 2.05. The van der Waals surface area contributed by atoms with E-state index >= 15 is 0 Å². The zero-order valence-electron chi connectivity index (χ0n) is 9.32. The smallest absolute Gasteiger partial charge is 0.239 e. The van der Waals surface area contributed by atoms with Crippen LogP contribution in [0.2, 0.25) is 0 Å². The molecule has 16 heavy (non-hydrogen) atoms. The van der Waals surface area contributed by atoms with Crippen molar-refractivity contribution in [1.82, 2.24) is 9.97 Å². The number of aromatic nitrogens is 2. The second kappa shape index (κ2) is 7.84. The molecule has 6 heteroatoms. The van der Waals surface area contributed by atoms with Gasteiger partial charge in [-0.25, -0.2) is 10.8 Å². The number of hydrazine groups is 1. The molecule has 1 aromatic heterocycles. The van der Waals surface area contributed by atoms with Crippen molar-refractivity contribution >= 4 is 11.8 Å². The number of aliphatic hydroxyl groups is 1. The van der Waals surface area contributed by atoms with Gasteiger partial charge in [-0.3, -0.25) is 5.43 Å². The average molecular weight is 225 g/mol. The molecule has 1 rings (SSSR count). The van der Waals surface area contributed by atoms with Gasteiger partial charge in [0.2, 0.25) is 5.95 Å². The third kappa shape index (κ3) is 4.90. The summed E-state index contributed by atoms with van der Waals surface area (Å²) in [5.74, 6) is 6.38. The molecule has 1 aromatic rings. The predicted octanol–water partition coefficient (Wildman–Crippen LogP) is 0.727. The van der Waals surface area contributed by atoms with Crippen LogP contribution >= 0.6 is 0 Å². The SMILES string of the molecule is NNc1nccc(NCCCCCCO)n1. The van der Waals surface area contributed by atoms with Gasteiger partial charge in [-0.15, -0.1) is 0 Å². The standard InChI is InChI=1S/C10H19N5O/c11-15-10-13-7-5-9(14-10)12-6-3-1-2-4-8-16/h5,7,16H,1-4,6,8,11H2,(H2,12,13,14,15). The van der Waals surface area contributed by atoms with Crippen molar-refractivity contribution in [1.29, 1.82) is 0 Å². The van der Waals surface area contributed by atoms with Gasteiger partial charge in [0.15, 0.2) is 0 Å². The minimum atomic E-state index is 0.283. The summed E-state index contributed by atoms with van der Waals surface area (Å²) in [6, 6.07) is 1.80. The molecule has 5 N–H and O–H groups in total. The average Bonchev–Trinajstić information content (AvgIpc) is 2.34. The Morgan fingerprint density at radius 3 is 2.81 bits per heavy atom. The van der Waals surface area contributed by atoms with Crippen LogP contribution in [0.3, 0.4) is 0 Å². The van der Waals surface area contributed by atoms with E-state index in [2.05, 4.69) is 20.7 Å². The van der Waals surface area contributed by atoms with E-state index in [1.54, 1.807) is 12.3 Å². The van der Waals surface area contributed by atoms with Crippen molar-refractivity contribution in [2.45, 2.75) is 25.7 Å². The maximum atomic E-state index is 8.61. The van der Waals surface area contributed by atoms with Crippen molar-refractivity contribution in [3.8, 4) is 0 Å². The van der Waals surface area contributed by atoms with Gasteiger partial charge in [-0.05, 0) is 18.9 Å². The summed E-state index contributed by atoms with van der Waals surface area (Å²) in [6.07, 6.45) is 5.78. The normalized spacial score (nSPS) is 10.1. The van der Waals surface area contributed by atoms with E-state index in [4.69, 9.17) is 10.9 Å². The minimum absolute atomic E-state index is 0.283. The number of aliphatic hydroxyl groups excluding tert-OH is 1. The molecule has 6 nitrogen and oxygen atoms in total. The fourth-order valence-electron chi connectivity index (χ4n) is 1.33. The largest absolute Gasteiger partial charge is 0.396 e. The molecule has 0 unspecified atom stereocenters. The van der Waals surface area contributed by atoms with Gasteiger partial charge < -0.3 is 10.4 Å². The van der Waals surface area contributed by atoms with Crippen LogP contribution in [0.25, 0.3) is 0 Å². The summed E-state index contributed by atoms with van der Waals surface area (Å²) in [4.78, 5) is 8.04. The lowest BCUT2D eigenvalue weighted by molar-refractivity contribution is 0.283. The molecule has 0 aromatic carbocycles. The van der Waals surface area contributed by atoms with Crippen molar-refractivity contribution in [2.24, 2.45) is 5.84 Å². The number of nitrogens with zero attached hydrogens (tertiary/aromatic N) is 2. The maximum Gasteiger partial charge on any atom is 0.239 e. The van der Waals surface area contributed by atoms with E-state index in [1.165, 1.54) is 0 Å². The van der Waals surface area contributed by atoms with Crippen molar-refractivity contribution in [3.05, 3.63) is 12.3 Å². The van der Waals surface area contributed by atoms with Gasteiger partial charge in [0.25, 0.3) is 0 Å². The molecule has 0 saturated heterocycles. The van der Waals surface area contributed by atoms with Gasteiger partial charge >= 0.3 is 0 Å². The topological polar surface area (TPSA) is 96.1 Å². The Morgan fingerprint density at radius 2 is 2.06 bits per heavy atom. The molecule has 0 aliphatic rings. The summed E-state index contributed by atoms with van der Waals surface area (Å²) < 4.78 is 0. The van der Waals surface area contributed by atoms with Gasteiger partial charge in [0.1, 0.15) is 5.82 Å². The van der Waals surface area contributed by atoms with Crippen molar-refractivity contribution < 1.29 is 5.11 Å². The van der Waals surface area contributed by atoms with Crippen LogP contribution < -0.4 is 16.6 Å². The van der Waals surface area contributed by atoms with Gasteiger partial charge in [0, 0.05) is 19.3 Å². The minimum Gasteiger partial charge on any atom is -0.396 e. The molecular weight excluding hydrogens is 206 g/mol. The van der Waals surface area contributed by atoms with Gasteiger partial charge in [-0.1, -0.05) is 12.8 Å². The zero-order valence-corrected chi connectivity index (χ0v) is 9.32. The number of hydrogen-bond acceptors (Lipinski definition) is 6. The fourth-order valence-corrected chi connectivity index (χ4v) is 1.33. The van der Waals surface area contributed by atoms with E-state index < -0.39 is 0 Å². The Kier molecular flexibility index (Phi) is 6.20. The molecule has 0 spiro atoms. The van der Waals surface area contributed by atoms with Crippen molar-refractivity contribution in [2.75, 3.05) is 23.9 Å². The first-order valence-corrected chi connectivity index (χ1v) is 5.51. The highest BCUT2D eigenvalue weighted by Gasteiger charge is 1.96. The highest BCUT2D eigenvalue weighted by atomic mass is 16.2. The van der Waals surface area contributed by atoms with Crippen LogP contribution in [0, 0.1) is 0 Å². The van der Waals surface area contributed by atoms with Crippen LogP contribution in [0.1, 0.15) is 25.7 Å². The molecule has 0 fully saturated rings. The number of nitrogens with two attached hydrogens (primary N) is 1.